The number of pyridine rings is 1. The molecule has 1 rings (SSSR count). The second-order valence-corrected chi connectivity index (χ2v) is 2.68. The van der Waals surface area contributed by atoms with Crippen molar-refractivity contribution in [2.45, 2.75) is 13.0 Å². The zero-order valence-electron chi connectivity index (χ0n) is 7.58. The third-order valence-corrected chi connectivity index (χ3v) is 1.89. The highest BCUT2D eigenvalue weighted by atomic mass is 19.3. The lowest BCUT2D eigenvalue weighted by Gasteiger charge is -2.08. The maximum Gasteiger partial charge on any atom is 0.265 e. The van der Waals surface area contributed by atoms with Crippen molar-refractivity contribution in [3.63, 3.8) is 0 Å². The van der Waals surface area contributed by atoms with Crippen LogP contribution in [-0.2, 0) is 6.54 Å². The molecule has 0 aliphatic carbocycles. The van der Waals surface area contributed by atoms with Gasteiger partial charge in [-0.2, -0.15) is 5.26 Å². The van der Waals surface area contributed by atoms with Crippen molar-refractivity contribution >= 4 is 6.29 Å². The van der Waals surface area contributed by atoms with Crippen molar-refractivity contribution in [1.82, 2.24) is 4.98 Å². The Morgan fingerprint density at radius 3 is 2.73 bits per heavy atom. The third kappa shape index (κ3) is 1.97. The number of nitrogens with two attached hydrogens (primary N) is 1. The number of nitriles is 1. The third-order valence-electron chi connectivity index (χ3n) is 1.89. The largest absolute Gasteiger partial charge is 0.325 e. The van der Waals surface area contributed by atoms with E-state index in [0.717, 1.165) is 6.20 Å². The molecule has 0 atom stereocenters. The second kappa shape index (κ2) is 4.57. The fourth-order valence-electron chi connectivity index (χ4n) is 1.20. The lowest BCUT2D eigenvalue weighted by Crippen LogP contribution is -2.09. The number of hydrogen-bond acceptors (Lipinski definition) is 4. The summed E-state index contributed by atoms with van der Waals surface area (Å²) >= 11 is 0. The lowest BCUT2D eigenvalue weighted by atomic mass is 10.0. The molecule has 78 valence electrons. The minimum Gasteiger partial charge on any atom is -0.325 e. The van der Waals surface area contributed by atoms with Gasteiger partial charge < -0.3 is 5.73 Å². The Labute approximate surface area is 84.3 Å². The Balaban J connectivity index is 3.53. The zero-order valence-corrected chi connectivity index (χ0v) is 7.58. The first kappa shape index (κ1) is 11.2. The van der Waals surface area contributed by atoms with Gasteiger partial charge in [-0.3, -0.25) is 9.78 Å². The highest BCUT2D eigenvalue weighted by Crippen LogP contribution is 2.26. The predicted octanol–water partition coefficient (Wildman–Crippen LogP) is 1.16. The van der Waals surface area contributed by atoms with Crippen LogP contribution in [0.1, 0.15) is 33.6 Å². The van der Waals surface area contributed by atoms with Gasteiger partial charge in [0, 0.05) is 23.9 Å². The topological polar surface area (TPSA) is 79.8 Å². The van der Waals surface area contributed by atoms with Gasteiger partial charge in [-0.05, 0) is 0 Å². The molecule has 0 saturated heterocycles. The minimum atomic E-state index is -2.90. The molecule has 4 nitrogen and oxygen atoms in total. The van der Waals surface area contributed by atoms with E-state index >= 15 is 0 Å². The van der Waals surface area contributed by atoms with Crippen molar-refractivity contribution < 1.29 is 13.6 Å². The molecule has 0 radical (unpaired) electrons. The maximum absolute atomic E-state index is 12.6. The molecule has 0 amide bonds. The number of hydrogen-bond donors (Lipinski definition) is 1. The summed E-state index contributed by atoms with van der Waals surface area (Å²) < 4.78 is 25.2. The number of carbonyl (C=O) groups is 1. The number of aldehydes is 1. The summed E-state index contributed by atoms with van der Waals surface area (Å²) in [5.74, 6) is 0. The molecule has 0 saturated carbocycles. The van der Waals surface area contributed by atoms with Crippen molar-refractivity contribution in [3.05, 3.63) is 28.6 Å². The average Bonchev–Trinajstić information content (AvgIpc) is 2.26. The summed E-state index contributed by atoms with van der Waals surface area (Å²) in [4.78, 5) is 14.3. The van der Waals surface area contributed by atoms with Crippen LogP contribution in [-0.4, -0.2) is 11.3 Å². The number of rotatable bonds is 3. The van der Waals surface area contributed by atoms with Gasteiger partial charge >= 0.3 is 0 Å². The summed E-state index contributed by atoms with van der Waals surface area (Å²) in [5.41, 5.74) is 4.12. The first-order chi connectivity index (χ1) is 7.15. The van der Waals surface area contributed by atoms with Crippen molar-refractivity contribution in [3.8, 4) is 6.07 Å². The second-order valence-electron chi connectivity index (χ2n) is 2.68. The van der Waals surface area contributed by atoms with Gasteiger partial charge in [0.25, 0.3) is 6.43 Å². The van der Waals surface area contributed by atoms with E-state index in [1.807, 2.05) is 0 Å². The Morgan fingerprint density at radius 2 is 2.33 bits per heavy atom. The van der Waals surface area contributed by atoms with Crippen LogP contribution in [0.4, 0.5) is 8.78 Å². The summed E-state index contributed by atoms with van der Waals surface area (Å²) in [6.45, 7) is -0.125. The Morgan fingerprint density at radius 1 is 1.67 bits per heavy atom. The van der Waals surface area contributed by atoms with Crippen molar-refractivity contribution in [2.75, 3.05) is 0 Å². The maximum atomic E-state index is 12.6. The average molecular weight is 211 g/mol. The van der Waals surface area contributed by atoms with Gasteiger partial charge in [-0.15, -0.1) is 0 Å². The normalized spacial score (nSPS) is 10.1. The molecule has 0 aliphatic heterocycles. The summed E-state index contributed by atoms with van der Waals surface area (Å²) in [6.07, 6.45) is -1.65. The van der Waals surface area contributed by atoms with E-state index in [1.165, 1.54) is 0 Å². The lowest BCUT2D eigenvalue weighted by molar-refractivity contribution is 0.110. The van der Waals surface area contributed by atoms with Gasteiger partial charge in [-0.1, -0.05) is 0 Å². The molecule has 0 aromatic carbocycles. The molecule has 0 aliphatic rings. The Hall–Kier alpha value is -1.87. The number of alkyl halides is 2. The van der Waals surface area contributed by atoms with E-state index in [-0.39, 0.29) is 29.7 Å². The van der Waals surface area contributed by atoms with Crippen LogP contribution in [0.5, 0.6) is 0 Å². The van der Waals surface area contributed by atoms with E-state index < -0.39 is 12.0 Å². The number of carbonyl (C=O) groups excluding carboxylic acids is 1. The van der Waals surface area contributed by atoms with E-state index in [1.54, 1.807) is 6.07 Å². The van der Waals surface area contributed by atoms with Crippen LogP contribution in [0.15, 0.2) is 6.20 Å². The fourth-order valence-corrected chi connectivity index (χ4v) is 1.20. The van der Waals surface area contributed by atoms with Gasteiger partial charge in [-0.25, -0.2) is 8.78 Å². The van der Waals surface area contributed by atoms with E-state index in [4.69, 9.17) is 11.0 Å². The molecule has 0 spiro atoms. The number of nitrogens with zero attached hydrogens (tertiary/aromatic N) is 2. The molecule has 0 unspecified atom stereocenters. The molecule has 2 N–H and O–H groups in total. The van der Waals surface area contributed by atoms with Gasteiger partial charge in [0.15, 0.2) is 6.29 Å². The molecular formula is C9H7F2N3O. The quantitative estimate of drug-likeness (QED) is 0.761. The SMILES string of the molecule is N#Cc1cnc(CN)c(C=O)c1C(F)F. The van der Waals surface area contributed by atoms with Crippen LogP contribution < -0.4 is 5.73 Å². The van der Waals surface area contributed by atoms with Crippen LogP contribution in [0, 0.1) is 11.3 Å². The molecule has 1 aromatic heterocycles. The predicted molar refractivity (Wildman–Crippen MR) is 47.2 cm³/mol. The highest BCUT2D eigenvalue weighted by Gasteiger charge is 2.21. The first-order valence-corrected chi connectivity index (χ1v) is 4.01. The molecule has 1 aromatic rings. The monoisotopic (exact) mass is 211 g/mol. The molecule has 1 heterocycles. The molecule has 0 bridgehead atoms. The van der Waals surface area contributed by atoms with Crippen LogP contribution in [0.25, 0.3) is 0 Å². The van der Waals surface area contributed by atoms with E-state index in [9.17, 15) is 13.6 Å². The fraction of sp³-hybridized carbons (Fsp3) is 0.222. The van der Waals surface area contributed by atoms with Crippen molar-refractivity contribution in [2.24, 2.45) is 5.73 Å². The highest BCUT2D eigenvalue weighted by molar-refractivity contribution is 5.80. The van der Waals surface area contributed by atoms with Crippen LogP contribution in [0.2, 0.25) is 0 Å². The number of aromatic nitrogens is 1. The molecule has 6 heteroatoms. The summed E-state index contributed by atoms with van der Waals surface area (Å²) in [7, 11) is 0. The molecule has 15 heavy (non-hydrogen) atoms. The summed E-state index contributed by atoms with van der Waals surface area (Å²) in [5, 5.41) is 8.58. The zero-order chi connectivity index (χ0) is 11.4. The van der Waals surface area contributed by atoms with Gasteiger partial charge in [0.1, 0.15) is 6.07 Å². The first-order valence-electron chi connectivity index (χ1n) is 4.01. The summed E-state index contributed by atoms with van der Waals surface area (Å²) in [6, 6.07) is 1.56. The standard InChI is InChI=1S/C9H7F2N3O/c10-9(11)8-5(1-12)3-14-7(2-13)6(8)4-15/h3-4,9H,2,13H2. The minimum absolute atomic E-state index is 0.0688. The van der Waals surface area contributed by atoms with E-state index in [0.29, 0.717) is 0 Å². The van der Waals surface area contributed by atoms with Crippen LogP contribution in [0.3, 0.4) is 0 Å². The van der Waals surface area contributed by atoms with Gasteiger partial charge in [0.2, 0.25) is 0 Å². The number of halogens is 2. The van der Waals surface area contributed by atoms with Crippen LogP contribution >= 0.6 is 0 Å². The van der Waals surface area contributed by atoms with Crippen molar-refractivity contribution in [1.29, 1.82) is 5.26 Å². The molecule has 0 fully saturated rings. The smallest absolute Gasteiger partial charge is 0.265 e. The van der Waals surface area contributed by atoms with E-state index in [2.05, 4.69) is 4.98 Å². The van der Waals surface area contributed by atoms with Gasteiger partial charge in [0.05, 0.1) is 11.3 Å². The Bertz CT molecular complexity index is 426. The molecular weight excluding hydrogens is 204 g/mol. The Kier molecular flexibility index (Phi) is 3.42.